The Morgan fingerprint density at radius 2 is 1.80 bits per heavy atom. The molecule has 0 saturated heterocycles. The first-order valence-electron chi connectivity index (χ1n) is 13.2. The van der Waals surface area contributed by atoms with Gasteiger partial charge in [0.25, 0.3) is 0 Å². The molecule has 40 heavy (non-hydrogen) atoms. The second kappa shape index (κ2) is 9.79. The third kappa shape index (κ3) is 4.56. The Bertz CT molecular complexity index is 1700. The molecule has 4 aromatic carbocycles. The van der Waals surface area contributed by atoms with Gasteiger partial charge in [0.1, 0.15) is 29.7 Å². The Morgan fingerprint density at radius 3 is 2.60 bits per heavy atom. The van der Waals surface area contributed by atoms with Crippen LogP contribution in [0, 0.1) is 5.82 Å². The minimum atomic E-state index is -0.293. The van der Waals surface area contributed by atoms with E-state index in [1.165, 1.54) is 6.07 Å². The molecule has 0 spiro atoms. The van der Waals surface area contributed by atoms with Crippen LogP contribution in [0.5, 0.6) is 23.0 Å². The maximum Gasteiger partial charge on any atom is 0.172 e. The summed E-state index contributed by atoms with van der Waals surface area (Å²) in [6, 6.07) is 21.7. The second-order valence-electron chi connectivity index (χ2n) is 10.6. The Labute approximate surface area is 233 Å². The van der Waals surface area contributed by atoms with E-state index < -0.39 is 0 Å². The number of nitrogens with one attached hydrogen (secondary N) is 1. The molecule has 0 aliphatic carbocycles. The van der Waals surface area contributed by atoms with Crippen molar-refractivity contribution in [3.8, 4) is 34.1 Å². The summed E-state index contributed by atoms with van der Waals surface area (Å²) in [5, 5.41) is 14.2. The third-order valence-electron chi connectivity index (χ3n) is 7.18. The van der Waals surface area contributed by atoms with E-state index in [4.69, 9.17) is 14.2 Å². The zero-order valence-electron chi connectivity index (χ0n) is 22.8. The lowest BCUT2D eigenvalue weighted by Crippen LogP contribution is -2.32. The highest BCUT2D eigenvalue weighted by Gasteiger charge is 2.33. The molecule has 2 heterocycles. The zero-order chi connectivity index (χ0) is 28.0. The van der Waals surface area contributed by atoms with Crippen LogP contribution < -0.4 is 19.5 Å². The van der Waals surface area contributed by atoms with Crippen molar-refractivity contribution in [2.24, 2.45) is 0 Å². The van der Waals surface area contributed by atoms with Gasteiger partial charge in [0.2, 0.25) is 0 Å². The van der Waals surface area contributed by atoms with Gasteiger partial charge < -0.3 is 24.6 Å². The largest absolute Gasteiger partial charge is 0.504 e. The Balaban J connectivity index is 1.47. The van der Waals surface area contributed by atoms with Crippen molar-refractivity contribution in [2.45, 2.75) is 32.9 Å². The van der Waals surface area contributed by atoms with Crippen LogP contribution in [0.3, 0.4) is 0 Å². The summed E-state index contributed by atoms with van der Waals surface area (Å²) in [7, 11) is 1.54. The Kier molecular flexibility index (Phi) is 6.26. The van der Waals surface area contributed by atoms with Gasteiger partial charge in [-0.25, -0.2) is 4.39 Å². The summed E-state index contributed by atoms with van der Waals surface area (Å²) < 4.78 is 32.2. The molecule has 0 atom stereocenters. The number of phenolic OH excluding ortho intramolecular Hbond substituents is 1. The van der Waals surface area contributed by atoms with Crippen LogP contribution in [0.15, 0.2) is 78.9 Å². The van der Waals surface area contributed by atoms with Gasteiger partial charge in [-0.1, -0.05) is 42.5 Å². The molecule has 0 unspecified atom stereocenters. The molecule has 0 amide bonds. The Morgan fingerprint density at radius 1 is 0.975 bits per heavy atom. The highest BCUT2D eigenvalue weighted by molar-refractivity contribution is 6.02. The number of methoxy groups -OCH3 is 1. The second-order valence-corrected chi connectivity index (χ2v) is 10.6. The SMILES string of the molecule is COc1c(O)ccc2c1-c1ccc3c(c1/C(=C/c1cccc(OCc4ccccc4F)c1)O2)C(C)=CC(C)(C)N3. The van der Waals surface area contributed by atoms with Crippen molar-refractivity contribution in [3.05, 3.63) is 107 Å². The van der Waals surface area contributed by atoms with Crippen LogP contribution in [-0.2, 0) is 6.61 Å². The molecule has 0 fully saturated rings. The summed E-state index contributed by atoms with van der Waals surface area (Å²) >= 11 is 0. The fourth-order valence-electron chi connectivity index (χ4n) is 5.57. The molecular weight excluding hydrogens is 505 g/mol. The number of phenols is 1. The number of benzene rings is 4. The van der Waals surface area contributed by atoms with Crippen LogP contribution in [0.25, 0.3) is 28.5 Å². The topological polar surface area (TPSA) is 60.0 Å². The average molecular weight is 536 g/mol. The summed E-state index contributed by atoms with van der Waals surface area (Å²) in [5.41, 5.74) is 6.82. The number of aromatic hydroxyl groups is 1. The number of rotatable bonds is 5. The van der Waals surface area contributed by atoms with E-state index in [1.807, 2.05) is 36.4 Å². The van der Waals surface area contributed by atoms with Crippen LogP contribution in [0.1, 0.15) is 43.0 Å². The number of hydrogen-bond acceptors (Lipinski definition) is 5. The molecule has 0 bridgehead atoms. The molecule has 2 aliphatic rings. The van der Waals surface area contributed by atoms with Gasteiger partial charge in [-0.15, -0.1) is 0 Å². The van der Waals surface area contributed by atoms with Crippen molar-refractivity contribution in [1.82, 2.24) is 0 Å². The van der Waals surface area contributed by atoms with E-state index in [0.29, 0.717) is 34.1 Å². The van der Waals surface area contributed by atoms with E-state index in [-0.39, 0.29) is 23.7 Å². The highest BCUT2D eigenvalue weighted by Crippen LogP contribution is 2.54. The first-order chi connectivity index (χ1) is 19.2. The van der Waals surface area contributed by atoms with Gasteiger partial charge in [0, 0.05) is 27.9 Å². The Hall–Kier alpha value is -4.71. The van der Waals surface area contributed by atoms with Gasteiger partial charge in [-0.2, -0.15) is 0 Å². The predicted octanol–water partition coefficient (Wildman–Crippen LogP) is 8.28. The average Bonchev–Trinajstić information content (AvgIpc) is 2.92. The summed E-state index contributed by atoms with van der Waals surface area (Å²) in [4.78, 5) is 0. The molecule has 202 valence electrons. The fraction of sp³-hybridized carbons (Fsp3) is 0.176. The molecule has 0 aromatic heterocycles. The number of hydrogen-bond donors (Lipinski definition) is 2. The van der Waals surface area contributed by atoms with Crippen molar-refractivity contribution in [1.29, 1.82) is 0 Å². The monoisotopic (exact) mass is 535 g/mol. The number of ether oxygens (including phenoxy) is 3. The molecule has 2 N–H and O–H groups in total. The lowest BCUT2D eigenvalue weighted by molar-refractivity contribution is 0.300. The molecule has 0 saturated carbocycles. The van der Waals surface area contributed by atoms with Crippen molar-refractivity contribution in [3.63, 3.8) is 0 Å². The molecule has 5 nitrogen and oxygen atoms in total. The summed E-state index contributed by atoms with van der Waals surface area (Å²) in [5.74, 6) is 1.99. The van der Waals surface area contributed by atoms with E-state index in [2.05, 4.69) is 38.2 Å². The maximum atomic E-state index is 14.1. The fourth-order valence-corrected chi connectivity index (χ4v) is 5.57. The standard InChI is InChI=1S/C34H30FNO4/c1-20-18-34(2,3)36-26-13-12-24-31(30(20)26)29(40-28-15-14-27(37)33(38-4)32(24)28)17-21-8-7-10-23(16-21)39-19-22-9-5-6-11-25(22)35/h5-18,36-37H,19H2,1-4H3/b29-17-. The van der Waals surface area contributed by atoms with Crippen LogP contribution >= 0.6 is 0 Å². The lowest BCUT2D eigenvalue weighted by Gasteiger charge is -2.35. The third-order valence-corrected chi connectivity index (χ3v) is 7.18. The molecular formula is C34H30FNO4. The van der Waals surface area contributed by atoms with Crippen LogP contribution in [-0.4, -0.2) is 17.8 Å². The van der Waals surface area contributed by atoms with Crippen LogP contribution in [0.4, 0.5) is 10.1 Å². The summed E-state index contributed by atoms with van der Waals surface area (Å²) in [6.45, 7) is 6.50. The van der Waals surface area contributed by atoms with E-state index in [0.717, 1.165) is 33.5 Å². The van der Waals surface area contributed by atoms with E-state index in [1.54, 1.807) is 37.4 Å². The molecule has 2 aliphatic heterocycles. The van der Waals surface area contributed by atoms with Gasteiger partial charge in [-0.05, 0) is 74.4 Å². The molecule has 6 rings (SSSR count). The minimum absolute atomic E-state index is 0.0483. The number of halogens is 1. The van der Waals surface area contributed by atoms with Crippen molar-refractivity contribution >= 4 is 23.1 Å². The highest BCUT2D eigenvalue weighted by atomic mass is 19.1. The van der Waals surface area contributed by atoms with E-state index in [9.17, 15) is 9.50 Å². The molecule has 4 aromatic rings. The molecule has 6 heteroatoms. The number of fused-ring (bicyclic) bond motifs is 5. The van der Waals surface area contributed by atoms with Gasteiger partial charge in [0.05, 0.1) is 18.2 Å². The summed E-state index contributed by atoms with van der Waals surface area (Å²) in [6.07, 6.45) is 4.18. The zero-order valence-corrected chi connectivity index (χ0v) is 22.8. The van der Waals surface area contributed by atoms with Crippen molar-refractivity contribution < 1.29 is 23.7 Å². The molecule has 0 radical (unpaired) electrons. The normalized spacial score (nSPS) is 15.6. The van der Waals surface area contributed by atoms with Crippen molar-refractivity contribution in [2.75, 3.05) is 12.4 Å². The van der Waals surface area contributed by atoms with Gasteiger partial charge >= 0.3 is 0 Å². The smallest absolute Gasteiger partial charge is 0.172 e. The van der Waals surface area contributed by atoms with Crippen LogP contribution in [0.2, 0.25) is 0 Å². The number of anilines is 1. The minimum Gasteiger partial charge on any atom is -0.504 e. The predicted molar refractivity (Wildman–Crippen MR) is 157 cm³/mol. The first-order valence-corrected chi connectivity index (χ1v) is 13.2. The quantitative estimate of drug-likeness (QED) is 0.269. The maximum absolute atomic E-state index is 14.1. The number of allylic oxidation sites excluding steroid dienone is 1. The first kappa shape index (κ1) is 25.6. The van der Waals surface area contributed by atoms with Gasteiger partial charge in [-0.3, -0.25) is 0 Å². The lowest BCUT2D eigenvalue weighted by atomic mass is 9.83. The van der Waals surface area contributed by atoms with Gasteiger partial charge in [0.15, 0.2) is 11.5 Å². The van der Waals surface area contributed by atoms with E-state index >= 15 is 0 Å².